The Kier molecular flexibility index (Phi) is 10.4. The van der Waals surface area contributed by atoms with Crippen LogP contribution in [-0.4, -0.2) is 104 Å². The smallest absolute Gasteiger partial charge is 0.225 e. The van der Waals surface area contributed by atoms with Crippen molar-refractivity contribution in [3.63, 3.8) is 0 Å². The van der Waals surface area contributed by atoms with E-state index in [0.717, 1.165) is 50.9 Å². The maximum Gasteiger partial charge on any atom is 0.225 e. The van der Waals surface area contributed by atoms with Crippen molar-refractivity contribution in [1.29, 1.82) is 0 Å². The molecule has 11 nitrogen and oxygen atoms in total. The number of benzene rings is 1. The summed E-state index contributed by atoms with van der Waals surface area (Å²) in [7, 11) is 0.291. The van der Waals surface area contributed by atoms with Crippen LogP contribution in [0.15, 0.2) is 18.3 Å². The molecule has 41 heavy (non-hydrogen) atoms. The predicted molar refractivity (Wildman–Crippen MR) is 159 cm³/mol. The molecule has 1 aliphatic heterocycles. The van der Waals surface area contributed by atoms with Gasteiger partial charge in [0.25, 0.3) is 0 Å². The molecular formula is C28H42FN7O4S. The SMILES string of the molecule is CCCCN(CCO)c1nc(NC)nc2cn(Cc3c(F)cc(C4CCN(CCS(C)(=O)=O)CC4)cc3OC)nc12. The fraction of sp³-hybridized carbons (Fsp3) is 0.607. The number of hydrogen-bond donors (Lipinski definition) is 2. The first-order valence-electron chi connectivity index (χ1n) is 14.2. The molecule has 13 heteroatoms. The Labute approximate surface area is 241 Å². The molecule has 4 rings (SSSR count). The molecule has 1 aliphatic rings. The number of methoxy groups -OCH3 is 1. The summed E-state index contributed by atoms with van der Waals surface area (Å²) in [6, 6.07) is 3.51. The van der Waals surface area contributed by atoms with Crippen molar-refractivity contribution in [2.45, 2.75) is 45.1 Å². The minimum atomic E-state index is -3.00. The van der Waals surface area contributed by atoms with Crippen molar-refractivity contribution in [2.24, 2.45) is 0 Å². The van der Waals surface area contributed by atoms with Gasteiger partial charge in [0.2, 0.25) is 5.95 Å². The van der Waals surface area contributed by atoms with Crippen LogP contribution in [0.5, 0.6) is 5.75 Å². The van der Waals surface area contributed by atoms with E-state index in [1.54, 1.807) is 31.1 Å². The van der Waals surface area contributed by atoms with Gasteiger partial charge in [-0.3, -0.25) is 4.68 Å². The monoisotopic (exact) mass is 591 g/mol. The Morgan fingerprint density at radius 2 is 1.98 bits per heavy atom. The Morgan fingerprint density at radius 1 is 1.22 bits per heavy atom. The number of unbranched alkanes of at least 4 members (excludes halogenated alkanes) is 1. The number of halogens is 1. The lowest BCUT2D eigenvalue weighted by atomic mass is 9.88. The highest BCUT2D eigenvalue weighted by Crippen LogP contribution is 2.34. The molecule has 3 aromatic rings. The number of sulfone groups is 1. The van der Waals surface area contributed by atoms with Crippen LogP contribution in [0.2, 0.25) is 0 Å². The van der Waals surface area contributed by atoms with Gasteiger partial charge in [-0.2, -0.15) is 10.1 Å². The molecule has 2 aromatic heterocycles. The number of likely N-dealkylation sites (tertiary alicyclic amines) is 1. The fourth-order valence-corrected chi connectivity index (χ4v) is 5.89. The van der Waals surface area contributed by atoms with Crippen molar-refractivity contribution in [3.05, 3.63) is 35.3 Å². The summed E-state index contributed by atoms with van der Waals surface area (Å²) >= 11 is 0. The zero-order valence-electron chi connectivity index (χ0n) is 24.4. The Hall–Kier alpha value is -3.03. The van der Waals surface area contributed by atoms with Crippen LogP contribution in [0.1, 0.15) is 49.7 Å². The van der Waals surface area contributed by atoms with E-state index in [9.17, 15) is 13.5 Å². The molecule has 0 atom stereocenters. The highest BCUT2D eigenvalue weighted by molar-refractivity contribution is 7.90. The maximum atomic E-state index is 15.6. The van der Waals surface area contributed by atoms with Crippen LogP contribution in [0.3, 0.4) is 0 Å². The predicted octanol–water partition coefficient (Wildman–Crippen LogP) is 2.89. The summed E-state index contributed by atoms with van der Waals surface area (Å²) < 4.78 is 45.9. The quantitative estimate of drug-likeness (QED) is 0.289. The molecule has 3 heterocycles. The summed E-state index contributed by atoms with van der Waals surface area (Å²) in [5, 5.41) is 17.4. The van der Waals surface area contributed by atoms with Gasteiger partial charge in [0.1, 0.15) is 26.9 Å². The summed E-state index contributed by atoms with van der Waals surface area (Å²) in [6.45, 7) is 5.46. The standard InChI is InChI=1S/C28H42FN7O4S/c1-5-6-9-35(12-14-37)27-26-24(31-28(30-2)32-27)19-36(33-26)18-22-23(29)16-21(17-25(22)40-3)20-7-10-34(11-8-20)13-15-41(4,38)39/h16-17,19-20,37H,5-15,18H2,1-4H3,(H,30,31). The number of hydrogen-bond acceptors (Lipinski definition) is 10. The van der Waals surface area contributed by atoms with Gasteiger partial charge in [-0.1, -0.05) is 13.3 Å². The normalized spacial score (nSPS) is 15.0. The molecular weight excluding hydrogens is 549 g/mol. The van der Waals surface area contributed by atoms with Crippen LogP contribution < -0.4 is 15.0 Å². The Balaban J connectivity index is 1.56. The van der Waals surface area contributed by atoms with E-state index in [1.165, 1.54) is 6.26 Å². The van der Waals surface area contributed by atoms with E-state index in [4.69, 9.17) is 9.84 Å². The topological polar surface area (TPSA) is 126 Å². The number of fused-ring (bicyclic) bond motifs is 1. The third-order valence-electron chi connectivity index (χ3n) is 7.62. The highest BCUT2D eigenvalue weighted by Gasteiger charge is 2.24. The van der Waals surface area contributed by atoms with Gasteiger partial charge in [0.15, 0.2) is 11.3 Å². The highest BCUT2D eigenvalue weighted by atomic mass is 32.2. The lowest BCUT2D eigenvalue weighted by Crippen LogP contribution is -2.36. The molecule has 0 aliphatic carbocycles. The zero-order valence-corrected chi connectivity index (χ0v) is 25.3. The first-order valence-corrected chi connectivity index (χ1v) is 16.3. The van der Waals surface area contributed by atoms with E-state index in [2.05, 4.69) is 27.1 Å². The maximum absolute atomic E-state index is 15.6. The zero-order chi connectivity index (χ0) is 29.6. The molecule has 0 amide bonds. The van der Waals surface area contributed by atoms with Crippen LogP contribution in [0, 0.1) is 5.82 Å². The summed E-state index contributed by atoms with van der Waals surface area (Å²) in [5.41, 5.74) is 2.50. The number of anilines is 2. The molecule has 0 radical (unpaired) electrons. The molecule has 226 valence electrons. The first kappa shape index (κ1) is 30.9. The fourth-order valence-electron chi connectivity index (χ4n) is 5.30. The van der Waals surface area contributed by atoms with Gasteiger partial charge >= 0.3 is 0 Å². The number of aliphatic hydroxyl groups is 1. The third-order valence-corrected chi connectivity index (χ3v) is 8.55. The van der Waals surface area contributed by atoms with Crippen molar-refractivity contribution in [3.8, 4) is 5.75 Å². The average molecular weight is 592 g/mol. The average Bonchev–Trinajstić information content (AvgIpc) is 3.37. The van der Waals surface area contributed by atoms with Crippen molar-refractivity contribution in [1.82, 2.24) is 24.6 Å². The van der Waals surface area contributed by atoms with Gasteiger partial charge in [-0.25, -0.2) is 17.8 Å². The Morgan fingerprint density at radius 3 is 2.61 bits per heavy atom. The molecule has 0 unspecified atom stereocenters. The van der Waals surface area contributed by atoms with Gasteiger partial charge in [0, 0.05) is 32.9 Å². The number of piperidine rings is 1. The van der Waals surface area contributed by atoms with E-state index >= 15 is 4.39 Å². The number of rotatable bonds is 14. The van der Waals surface area contributed by atoms with Gasteiger partial charge < -0.3 is 25.0 Å². The van der Waals surface area contributed by atoms with Crippen molar-refractivity contribution in [2.75, 3.05) is 75.7 Å². The van der Waals surface area contributed by atoms with E-state index < -0.39 is 9.84 Å². The number of aliphatic hydroxyl groups excluding tert-OH is 1. The molecule has 1 fully saturated rings. The van der Waals surface area contributed by atoms with E-state index in [1.807, 2.05) is 11.0 Å². The third kappa shape index (κ3) is 7.83. The molecule has 1 aromatic carbocycles. The van der Waals surface area contributed by atoms with E-state index in [0.29, 0.717) is 47.2 Å². The van der Waals surface area contributed by atoms with Crippen molar-refractivity contribution < 1.29 is 22.7 Å². The minimum Gasteiger partial charge on any atom is -0.496 e. The van der Waals surface area contributed by atoms with Crippen LogP contribution in [-0.2, 0) is 16.4 Å². The van der Waals surface area contributed by atoms with Gasteiger partial charge in [0.05, 0.1) is 37.8 Å². The molecule has 2 N–H and O–H groups in total. The number of nitrogens with zero attached hydrogens (tertiary/aromatic N) is 6. The first-order chi connectivity index (χ1) is 19.6. The number of nitrogens with one attached hydrogen (secondary N) is 1. The second kappa shape index (κ2) is 13.8. The summed E-state index contributed by atoms with van der Waals surface area (Å²) in [6.07, 6.45) is 6.63. The van der Waals surface area contributed by atoms with E-state index in [-0.39, 0.29) is 30.6 Å². The number of aromatic nitrogens is 4. The lowest BCUT2D eigenvalue weighted by Gasteiger charge is -2.32. The van der Waals surface area contributed by atoms with Crippen LogP contribution >= 0.6 is 0 Å². The molecule has 0 spiro atoms. The van der Waals surface area contributed by atoms with Crippen LogP contribution in [0.4, 0.5) is 16.2 Å². The van der Waals surface area contributed by atoms with Gasteiger partial charge in [-0.15, -0.1) is 0 Å². The lowest BCUT2D eigenvalue weighted by molar-refractivity contribution is 0.223. The molecule has 0 bridgehead atoms. The van der Waals surface area contributed by atoms with Crippen molar-refractivity contribution >= 4 is 32.6 Å². The molecule has 1 saturated heterocycles. The molecule has 0 saturated carbocycles. The van der Waals surface area contributed by atoms with Gasteiger partial charge in [-0.05, 0) is 56.0 Å². The second-order valence-electron chi connectivity index (χ2n) is 10.7. The minimum absolute atomic E-state index is 0.0146. The van der Waals surface area contributed by atoms with Crippen LogP contribution in [0.25, 0.3) is 11.0 Å². The summed E-state index contributed by atoms with van der Waals surface area (Å²) in [5.74, 6) is 1.51. The largest absolute Gasteiger partial charge is 0.496 e. The number of ether oxygens (including phenoxy) is 1. The second-order valence-corrected chi connectivity index (χ2v) is 12.9. The Bertz CT molecular complexity index is 1420. The summed E-state index contributed by atoms with van der Waals surface area (Å²) in [4.78, 5) is 13.4.